The number of non-ortho nitro benzene ring substituents is 2. The quantitative estimate of drug-likeness (QED) is 0.0340. The van der Waals surface area contributed by atoms with Crippen molar-refractivity contribution < 1.29 is 76.6 Å². The number of aromatic hydroxyl groups is 2. The number of amides is 2. The summed E-state index contributed by atoms with van der Waals surface area (Å²) >= 11 is 0. The van der Waals surface area contributed by atoms with Crippen LogP contribution in [0, 0.1) is 34.1 Å². The number of hydrogen-bond donors (Lipinski definition) is 4. The number of carbonyl (C=O) groups excluding carboxylic acids is 2. The van der Waals surface area contributed by atoms with Gasteiger partial charge in [-0.3, -0.25) is 29.8 Å². The van der Waals surface area contributed by atoms with E-state index in [-0.39, 0.29) is 116 Å². The Kier molecular flexibility index (Phi) is 17.0. The monoisotopic (exact) mass is 889 g/mol. The Morgan fingerprint density at radius 2 is 1.02 bits per heavy atom. The average molecular weight is 890 g/mol. The van der Waals surface area contributed by atoms with Gasteiger partial charge in [0.05, 0.1) is 21.2 Å². The molecule has 0 aliphatic rings. The molecule has 0 aliphatic heterocycles. The molecule has 4 N–H and O–H groups in total. The molecule has 0 unspecified atom stereocenters. The van der Waals surface area contributed by atoms with Crippen molar-refractivity contribution in [2.24, 2.45) is 20.5 Å². The SMILES string of the molecule is C=CC(=O)Nc1ccc(-n2nc(C)[c-](N=Nc3cc([N+](=O)[O-])ccc3O)c2=O)cc1.C=CC(=O)Nc1ccc(-n2nc(C)[c-](N=Nc3cc([N+](=O)[O-])ccc3O)c2=O)cc1.[Cr].[Na+]. The summed E-state index contributed by atoms with van der Waals surface area (Å²) in [7, 11) is 0. The molecule has 62 heavy (non-hydrogen) atoms. The zero-order valence-corrected chi connectivity index (χ0v) is 36.0. The zero-order chi connectivity index (χ0) is 43.7. The summed E-state index contributed by atoms with van der Waals surface area (Å²) in [5.41, 5.74) is 0.288. The van der Waals surface area contributed by atoms with Crippen LogP contribution in [-0.4, -0.2) is 51.4 Å². The number of benzene rings is 4. The molecule has 2 aromatic heterocycles. The van der Waals surface area contributed by atoms with Crippen LogP contribution in [-0.2, 0) is 27.0 Å². The van der Waals surface area contributed by atoms with Crippen LogP contribution in [0.15, 0.2) is 140 Å². The van der Waals surface area contributed by atoms with Crippen LogP contribution in [0.2, 0.25) is 0 Å². The molecule has 4 aromatic carbocycles. The van der Waals surface area contributed by atoms with Crippen molar-refractivity contribution in [2.45, 2.75) is 13.8 Å². The summed E-state index contributed by atoms with van der Waals surface area (Å²) in [5, 5.41) is 70.0. The molecular weight excluding hydrogens is 859 g/mol. The minimum absolute atomic E-state index is 0. The van der Waals surface area contributed by atoms with Gasteiger partial charge in [0.1, 0.15) is 34.0 Å². The van der Waals surface area contributed by atoms with Crippen molar-refractivity contribution >= 4 is 57.3 Å². The van der Waals surface area contributed by atoms with Crippen molar-refractivity contribution in [1.29, 1.82) is 0 Å². The molecule has 6 rings (SSSR count). The first-order chi connectivity index (χ1) is 28.6. The van der Waals surface area contributed by atoms with E-state index in [1.54, 1.807) is 62.4 Å². The number of nitro benzene ring substituents is 2. The van der Waals surface area contributed by atoms with Gasteiger partial charge in [-0.15, -0.1) is 11.4 Å². The fourth-order valence-electron chi connectivity index (χ4n) is 4.95. The fraction of sp³-hybridized carbons (Fsp3) is 0.0526. The Hall–Kier alpha value is -7.55. The number of nitro groups is 2. The molecule has 0 saturated heterocycles. The number of hydrogen-bond acceptors (Lipinski definition) is 16. The van der Waals surface area contributed by atoms with Gasteiger partial charge < -0.3 is 40.7 Å². The second-order valence-corrected chi connectivity index (χ2v) is 12.0. The Bertz CT molecular complexity index is 2650. The molecule has 0 bridgehead atoms. The molecule has 0 saturated carbocycles. The third kappa shape index (κ3) is 11.8. The fourth-order valence-corrected chi connectivity index (χ4v) is 4.95. The van der Waals surface area contributed by atoms with E-state index in [0.717, 1.165) is 57.9 Å². The van der Waals surface area contributed by atoms with Crippen LogP contribution in [0.4, 0.5) is 45.5 Å². The van der Waals surface area contributed by atoms with E-state index in [4.69, 9.17) is 0 Å². The predicted molar refractivity (Wildman–Crippen MR) is 216 cm³/mol. The van der Waals surface area contributed by atoms with E-state index in [1.165, 1.54) is 0 Å². The molecule has 2 heterocycles. The topological polar surface area (TPSA) is 304 Å². The zero-order valence-electron chi connectivity index (χ0n) is 32.7. The average Bonchev–Trinajstić information content (AvgIpc) is 3.68. The normalized spacial score (nSPS) is 10.5. The summed E-state index contributed by atoms with van der Waals surface area (Å²) in [5.74, 6) is -1.37. The van der Waals surface area contributed by atoms with Gasteiger partial charge in [-0.25, -0.2) is 19.6 Å². The molecule has 2 amide bonds. The molecule has 0 spiro atoms. The Balaban J connectivity index is 0.000000320. The molecule has 22 nitrogen and oxygen atoms in total. The van der Waals surface area contributed by atoms with Gasteiger partial charge in [-0.2, -0.15) is 10.2 Å². The number of carbonyl (C=O) groups is 2. The minimum atomic E-state index is -0.637. The summed E-state index contributed by atoms with van der Waals surface area (Å²) in [6.45, 7) is 9.84. The third-order valence-corrected chi connectivity index (χ3v) is 7.96. The van der Waals surface area contributed by atoms with Crippen LogP contribution < -0.4 is 51.3 Å². The van der Waals surface area contributed by atoms with Crippen molar-refractivity contribution in [3.63, 3.8) is 0 Å². The molecule has 6 aromatic rings. The third-order valence-electron chi connectivity index (χ3n) is 7.96. The van der Waals surface area contributed by atoms with Gasteiger partial charge in [0.2, 0.25) is 11.8 Å². The second kappa shape index (κ2) is 21.6. The van der Waals surface area contributed by atoms with Gasteiger partial charge in [-0.05, 0) is 72.8 Å². The van der Waals surface area contributed by atoms with E-state index >= 15 is 0 Å². The summed E-state index contributed by atoms with van der Waals surface area (Å²) < 4.78 is 2.21. The first-order valence-corrected chi connectivity index (χ1v) is 17.0. The molecule has 0 aliphatic carbocycles. The number of aromatic nitrogens is 4. The Labute approximate surface area is 381 Å². The molecule has 24 heteroatoms. The Morgan fingerprint density at radius 1 is 0.677 bits per heavy atom. The maximum Gasteiger partial charge on any atom is 1.00 e. The summed E-state index contributed by atoms with van der Waals surface area (Å²) in [4.78, 5) is 68.5. The number of nitrogens with one attached hydrogen (secondary N) is 2. The smallest absolute Gasteiger partial charge is 0.506 e. The molecule has 0 atom stereocenters. The number of nitrogens with zero attached hydrogens (tertiary/aromatic N) is 10. The van der Waals surface area contributed by atoms with Crippen LogP contribution in [0.1, 0.15) is 11.4 Å². The molecule has 0 radical (unpaired) electrons. The predicted octanol–water partition coefficient (Wildman–Crippen LogP) is 3.83. The van der Waals surface area contributed by atoms with Crippen molar-refractivity contribution in [3.8, 4) is 22.9 Å². The Morgan fingerprint density at radius 3 is 1.32 bits per heavy atom. The number of rotatable bonds is 12. The number of aryl methyl sites for hydroxylation is 2. The largest absolute Gasteiger partial charge is 1.00 e. The van der Waals surface area contributed by atoms with Crippen molar-refractivity contribution in [3.05, 3.63) is 163 Å². The second-order valence-electron chi connectivity index (χ2n) is 12.0. The number of anilines is 2. The maximum atomic E-state index is 12.7. The summed E-state index contributed by atoms with van der Waals surface area (Å²) in [6, 6.07) is 19.3. The summed E-state index contributed by atoms with van der Waals surface area (Å²) in [6.07, 6.45) is 2.27. The molecule has 0 fully saturated rings. The first kappa shape index (κ1) is 48.8. The van der Waals surface area contributed by atoms with Gasteiger partial charge >= 0.3 is 29.6 Å². The first-order valence-electron chi connectivity index (χ1n) is 17.0. The van der Waals surface area contributed by atoms with E-state index in [0.29, 0.717) is 22.7 Å². The van der Waals surface area contributed by atoms with E-state index in [2.05, 4.69) is 54.4 Å². The minimum Gasteiger partial charge on any atom is -0.506 e. The molecular formula is C38H30CrN12NaO10-. The maximum absolute atomic E-state index is 12.7. The van der Waals surface area contributed by atoms with Crippen molar-refractivity contribution in [1.82, 2.24) is 19.6 Å². The van der Waals surface area contributed by atoms with Crippen molar-refractivity contribution in [2.75, 3.05) is 10.6 Å². The van der Waals surface area contributed by atoms with Gasteiger partial charge in [0.15, 0.2) is 0 Å². The number of azo groups is 2. The van der Waals surface area contributed by atoms with Crippen LogP contribution in [0.25, 0.3) is 11.4 Å². The van der Waals surface area contributed by atoms with E-state index in [9.17, 15) is 49.6 Å². The van der Waals surface area contributed by atoms with E-state index < -0.39 is 21.0 Å². The van der Waals surface area contributed by atoms with Gasteiger partial charge in [-0.1, -0.05) is 38.4 Å². The van der Waals surface area contributed by atoms with Crippen LogP contribution in [0.3, 0.4) is 0 Å². The van der Waals surface area contributed by atoms with Gasteiger partial charge in [0, 0.05) is 53.0 Å². The van der Waals surface area contributed by atoms with Gasteiger partial charge in [0.25, 0.3) is 11.4 Å². The van der Waals surface area contributed by atoms with E-state index in [1.807, 2.05) is 0 Å². The standard InChI is InChI=1S/2C19H15N6O5.Cr.Na/c2*1-3-17(27)20-12-4-6-13(7-5-12)24-19(28)18(11(2)23-24)22-21-15-10-14(25(29)30)8-9-16(15)26;;/h2*3-10,26H,1H2,2H3,(H,20,27);;/q2*-1;;+1. The number of phenols is 2. The van der Waals surface area contributed by atoms with Crippen LogP contribution in [0.5, 0.6) is 11.5 Å². The number of phenolic OH excluding ortho intramolecular Hbond substituents is 2. The molecule has 310 valence electrons. The van der Waals surface area contributed by atoms with Crippen LogP contribution >= 0.6 is 0 Å².